The molecule has 0 saturated heterocycles. The predicted molar refractivity (Wildman–Crippen MR) is 95.4 cm³/mol. The van der Waals surface area contributed by atoms with Crippen molar-refractivity contribution in [2.45, 2.75) is 42.7 Å². The Hall–Kier alpha value is -1.44. The van der Waals surface area contributed by atoms with Crippen LogP contribution in [0.15, 0.2) is 58.0 Å². The number of benzene rings is 1. The molecule has 128 valence electrons. The van der Waals surface area contributed by atoms with Crippen LogP contribution in [0.4, 0.5) is 0 Å². The van der Waals surface area contributed by atoms with Gasteiger partial charge in [0, 0.05) is 22.8 Å². The van der Waals surface area contributed by atoms with E-state index < -0.39 is 10.0 Å². The van der Waals surface area contributed by atoms with Gasteiger partial charge in [0.15, 0.2) is 0 Å². The van der Waals surface area contributed by atoms with E-state index in [9.17, 15) is 8.42 Å². The summed E-state index contributed by atoms with van der Waals surface area (Å²) in [5.41, 5.74) is 0. The summed E-state index contributed by atoms with van der Waals surface area (Å²) in [6.07, 6.45) is 4.93. The second-order valence-corrected chi connectivity index (χ2v) is 8.46. The fourth-order valence-electron chi connectivity index (χ4n) is 2.79. The number of sulfonamides is 1. The molecule has 0 unspecified atom stereocenters. The molecule has 1 N–H and O–H groups in total. The summed E-state index contributed by atoms with van der Waals surface area (Å²) in [6, 6.07) is 12.2. The van der Waals surface area contributed by atoms with Crippen molar-refractivity contribution in [2.75, 3.05) is 0 Å². The number of ether oxygens (including phenoxy) is 1. The fraction of sp³-hybridized carbons (Fsp3) is 0.353. The van der Waals surface area contributed by atoms with Gasteiger partial charge in [-0.1, -0.05) is 22.0 Å². The second-order valence-electron chi connectivity index (χ2n) is 5.83. The van der Waals surface area contributed by atoms with Gasteiger partial charge < -0.3 is 4.74 Å². The zero-order valence-electron chi connectivity index (χ0n) is 13.1. The molecule has 1 aliphatic carbocycles. The lowest BCUT2D eigenvalue weighted by atomic mass is 9.94. The third-order valence-corrected chi connectivity index (χ3v) is 6.11. The number of nitrogens with one attached hydrogen (secondary N) is 1. The van der Waals surface area contributed by atoms with Crippen LogP contribution in [0.3, 0.4) is 0 Å². The Kier molecular flexibility index (Phi) is 5.53. The summed E-state index contributed by atoms with van der Waals surface area (Å²) in [6.45, 7) is 0. The molecule has 2 aromatic rings. The highest BCUT2D eigenvalue weighted by molar-refractivity contribution is 9.10. The first-order valence-corrected chi connectivity index (χ1v) is 10.2. The quantitative estimate of drug-likeness (QED) is 0.818. The van der Waals surface area contributed by atoms with E-state index in [4.69, 9.17) is 4.74 Å². The van der Waals surface area contributed by atoms with E-state index in [0.29, 0.717) is 5.88 Å². The molecule has 1 saturated carbocycles. The molecule has 1 heterocycles. The second kappa shape index (κ2) is 7.63. The van der Waals surface area contributed by atoms with Gasteiger partial charge in [-0.3, -0.25) is 0 Å². The molecule has 0 amide bonds. The van der Waals surface area contributed by atoms with E-state index in [1.807, 2.05) is 18.2 Å². The molecule has 5 nitrogen and oxygen atoms in total. The summed E-state index contributed by atoms with van der Waals surface area (Å²) in [7, 11) is -3.48. The van der Waals surface area contributed by atoms with Crippen LogP contribution in [0, 0.1) is 0 Å². The first-order chi connectivity index (χ1) is 11.5. The maximum Gasteiger partial charge on any atom is 0.240 e. The third-order valence-electron chi connectivity index (χ3n) is 4.05. The minimum absolute atomic E-state index is 0.0535. The SMILES string of the molecule is O=S(=O)(NC1CCC(Oc2ccccn2)CC1)c1ccc(Br)cc1. The van der Waals surface area contributed by atoms with Gasteiger partial charge in [-0.25, -0.2) is 18.1 Å². The van der Waals surface area contributed by atoms with Crippen LogP contribution in [0.2, 0.25) is 0 Å². The first kappa shape index (κ1) is 17.4. The van der Waals surface area contributed by atoms with Crippen molar-refractivity contribution in [1.29, 1.82) is 0 Å². The molecular weight excluding hydrogens is 392 g/mol. The van der Waals surface area contributed by atoms with Gasteiger partial charge in [-0.2, -0.15) is 0 Å². The van der Waals surface area contributed by atoms with Gasteiger partial charge in [0.2, 0.25) is 15.9 Å². The van der Waals surface area contributed by atoms with Crippen LogP contribution >= 0.6 is 15.9 Å². The number of aromatic nitrogens is 1. The van der Waals surface area contributed by atoms with Crippen molar-refractivity contribution in [1.82, 2.24) is 9.71 Å². The van der Waals surface area contributed by atoms with Gasteiger partial charge in [0.05, 0.1) is 4.90 Å². The Morgan fingerprint density at radius 3 is 2.38 bits per heavy atom. The van der Waals surface area contributed by atoms with Crippen LogP contribution in [0.1, 0.15) is 25.7 Å². The molecule has 0 spiro atoms. The van der Waals surface area contributed by atoms with E-state index >= 15 is 0 Å². The minimum Gasteiger partial charge on any atom is -0.474 e. The maximum absolute atomic E-state index is 12.4. The maximum atomic E-state index is 12.4. The van der Waals surface area contributed by atoms with E-state index in [0.717, 1.165) is 30.2 Å². The summed E-state index contributed by atoms with van der Waals surface area (Å²) >= 11 is 3.31. The third kappa shape index (κ3) is 4.55. The Bertz CT molecular complexity index is 758. The molecule has 0 bridgehead atoms. The van der Waals surface area contributed by atoms with Crippen LogP contribution in [-0.2, 0) is 10.0 Å². The van der Waals surface area contributed by atoms with E-state index in [1.54, 1.807) is 30.5 Å². The van der Waals surface area contributed by atoms with Gasteiger partial charge in [0.1, 0.15) is 6.10 Å². The minimum atomic E-state index is -3.48. The Labute approximate surface area is 150 Å². The molecule has 1 fully saturated rings. The van der Waals surface area contributed by atoms with Gasteiger partial charge in [-0.15, -0.1) is 0 Å². The van der Waals surface area contributed by atoms with E-state index in [-0.39, 0.29) is 17.0 Å². The first-order valence-electron chi connectivity index (χ1n) is 7.88. The Morgan fingerprint density at radius 2 is 1.75 bits per heavy atom. The van der Waals surface area contributed by atoms with Crippen molar-refractivity contribution in [3.05, 3.63) is 53.1 Å². The number of hydrogen-bond acceptors (Lipinski definition) is 4. The smallest absolute Gasteiger partial charge is 0.240 e. The fourth-order valence-corrected chi connectivity index (χ4v) is 4.36. The zero-order chi connectivity index (χ0) is 17.0. The van der Waals surface area contributed by atoms with Crippen LogP contribution in [0.5, 0.6) is 5.88 Å². The lowest BCUT2D eigenvalue weighted by Crippen LogP contribution is -2.39. The van der Waals surface area contributed by atoms with Crippen molar-refractivity contribution < 1.29 is 13.2 Å². The molecule has 0 radical (unpaired) electrons. The van der Waals surface area contributed by atoms with Crippen LogP contribution in [0.25, 0.3) is 0 Å². The average Bonchev–Trinajstić information content (AvgIpc) is 2.58. The molecule has 24 heavy (non-hydrogen) atoms. The topological polar surface area (TPSA) is 68.3 Å². The van der Waals surface area contributed by atoms with Gasteiger partial charge in [-0.05, 0) is 56.0 Å². The molecular formula is C17H19BrN2O3S. The van der Waals surface area contributed by atoms with E-state index in [2.05, 4.69) is 25.6 Å². The average molecular weight is 411 g/mol. The summed E-state index contributed by atoms with van der Waals surface area (Å²) in [4.78, 5) is 4.45. The standard InChI is InChI=1S/C17H19BrN2O3S/c18-13-4-10-16(11-5-13)24(21,22)20-14-6-8-15(9-7-14)23-17-3-1-2-12-19-17/h1-5,10-12,14-15,20H,6-9H2. The summed E-state index contributed by atoms with van der Waals surface area (Å²) in [5.74, 6) is 0.622. The molecule has 3 rings (SSSR count). The van der Waals surface area contributed by atoms with Gasteiger partial charge in [0.25, 0.3) is 0 Å². The number of nitrogens with zero attached hydrogens (tertiary/aromatic N) is 1. The van der Waals surface area contributed by atoms with Gasteiger partial charge >= 0.3 is 0 Å². The monoisotopic (exact) mass is 410 g/mol. The van der Waals surface area contributed by atoms with Crippen molar-refractivity contribution in [3.63, 3.8) is 0 Å². The number of pyridine rings is 1. The highest BCUT2D eigenvalue weighted by Crippen LogP contribution is 2.24. The van der Waals surface area contributed by atoms with Crippen molar-refractivity contribution in [3.8, 4) is 5.88 Å². The van der Waals surface area contributed by atoms with Crippen LogP contribution in [-0.4, -0.2) is 25.5 Å². The summed E-state index contributed by atoms with van der Waals surface area (Å²) in [5, 5.41) is 0. The lowest BCUT2D eigenvalue weighted by Gasteiger charge is -2.29. The number of halogens is 1. The molecule has 0 aliphatic heterocycles. The number of hydrogen-bond donors (Lipinski definition) is 1. The normalized spacial score (nSPS) is 21.4. The van der Waals surface area contributed by atoms with Crippen LogP contribution < -0.4 is 9.46 Å². The molecule has 1 aliphatic rings. The summed E-state index contributed by atoms with van der Waals surface area (Å²) < 4.78 is 34.3. The highest BCUT2D eigenvalue weighted by Gasteiger charge is 2.26. The number of rotatable bonds is 5. The molecule has 0 atom stereocenters. The predicted octanol–water partition coefficient (Wildman–Crippen LogP) is 3.51. The lowest BCUT2D eigenvalue weighted by molar-refractivity contribution is 0.138. The Balaban J connectivity index is 1.54. The molecule has 7 heteroatoms. The molecule has 1 aromatic heterocycles. The zero-order valence-corrected chi connectivity index (χ0v) is 15.5. The highest BCUT2D eigenvalue weighted by atomic mass is 79.9. The Morgan fingerprint density at radius 1 is 1.04 bits per heavy atom. The van der Waals surface area contributed by atoms with E-state index in [1.165, 1.54) is 0 Å². The molecule has 1 aromatic carbocycles. The largest absolute Gasteiger partial charge is 0.474 e. The van der Waals surface area contributed by atoms with Crippen molar-refractivity contribution >= 4 is 26.0 Å². The van der Waals surface area contributed by atoms with Crippen molar-refractivity contribution in [2.24, 2.45) is 0 Å².